The quantitative estimate of drug-likeness (QED) is 0.830. The van der Waals surface area contributed by atoms with Crippen LogP contribution < -0.4 is 5.32 Å². The Morgan fingerprint density at radius 3 is 2.78 bits per heavy atom. The highest BCUT2D eigenvalue weighted by Gasteiger charge is 2.31. The highest BCUT2D eigenvalue weighted by Crippen LogP contribution is 2.16. The van der Waals surface area contributed by atoms with E-state index in [9.17, 15) is 9.90 Å². The smallest absolute Gasteiger partial charge is 0.239 e. The molecular formula is C14H20N2O2. The van der Waals surface area contributed by atoms with E-state index in [1.54, 1.807) is 0 Å². The van der Waals surface area contributed by atoms with Crippen molar-refractivity contribution in [2.24, 2.45) is 0 Å². The van der Waals surface area contributed by atoms with E-state index in [1.807, 2.05) is 30.3 Å². The van der Waals surface area contributed by atoms with E-state index in [1.165, 1.54) is 0 Å². The van der Waals surface area contributed by atoms with Gasteiger partial charge in [-0.3, -0.25) is 9.69 Å². The summed E-state index contributed by atoms with van der Waals surface area (Å²) < 4.78 is 0. The minimum absolute atomic E-state index is 0.0715. The standard InChI is InChI=1S/C14H20N2O2/c1-11-7-8-15-14(18)13(10-17)16(11)9-12-5-3-2-4-6-12/h2-6,11,13,17H,7-10H2,1H3,(H,15,18). The second kappa shape index (κ2) is 5.98. The molecule has 18 heavy (non-hydrogen) atoms. The lowest BCUT2D eigenvalue weighted by Crippen LogP contribution is -2.48. The summed E-state index contributed by atoms with van der Waals surface area (Å²) in [5.41, 5.74) is 1.16. The average Bonchev–Trinajstić information content (AvgIpc) is 2.51. The van der Waals surface area contributed by atoms with Crippen molar-refractivity contribution in [3.63, 3.8) is 0 Å². The molecule has 0 aromatic heterocycles. The van der Waals surface area contributed by atoms with Crippen molar-refractivity contribution in [2.75, 3.05) is 13.2 Å². The second-order valence-corrected chi connectivity index (χ2v) is 4.79. The summed E-state index contributed by atoms with van der Waals surface area (Å²) in [7, 11) is 0. The van der Waals surface area contributed by atoms with E-state index in [0.717, 1.165) is 12.0 Å². The van der Waals surface area contributed by atoms with Gasteiger partial charge in [-0.25, -0.2) is 0 Å². The van der Waals surface area contributed by atoms with Gasteiger partial charge in [0.2, 0.25) is 5.91 Å². The predicted octanol–water partition coefficient (Wildman–Crippen LogP) is 0.758. The van der Waals surface area contributed by atoms with Crippen molar-refractivity contribution in [1.29, 1.82) is 0 Å². The fraction of sp³-hybridized carbons (Fsp3) is 0.500. The number of hydrogen-bond donors (Lipinski definition) is 2. The first-order valence-electron chi connectivity index (χ1n) is 6.40. The molecule has 2 N–H and O–H groups in total. The Hall–Kier alpha value is -1.39. The zero-order valence-electron chi connectivity index (χ0n) is 10.7. The number of carbonyl (C=O) groups is 1. The topological polar surface area (TPSA) is 52.6 Å². The van der Waals surface area contributed by atoms with Crippen LogP contribution in [0.5, 0.6) is 0 Å². The Labute approximate surface area is 108 Å². The van der Waals surface area contributed by atoms with E-state index >= 15 is 0 Å². The fourth-order valence-corrected chi connectivity index (χ4v) is 2.39. The van der Waals surface area contributed by atoms with Crippen molar-refractivity contribution in [3.8, 4) is 0 Å². The summed E-state index contributed by atoms with van der Waals surface area (Å²) >= 11 is 0. The highest BCUT2D eigenvalue weighted by atomic mass is 16.3. The Morgan fingerprint density at radius 1 is 1.39 bits per heavy atom. The van der Waals surface area contributed by atoms with Crippen LogP contribution in [0.25, 0.3) is 0 Å². The molecule has 1 aromatic carbocycles. The van der Waals surface area contributed by atoms with Crippen LogP contribution in [0.3, 0.4) is 0 Å². The largest absolute Gasteiger partial charge is 0.394 e. The number of amides is 1. The van der Waals surface area contributed by atoms with E-state index in [-0.39, 0.29) is 18.6 Å². The third-order valence-electron chi connectivity index (χ3n) is 3.51. The molecule has 2 rings (SSSR count). The SMILES string of the molecule is CC1CCNC(=O)C(CO)N1Cc1ccccc1. The van der Waals surface area contributed by atoms with Gasteiger partial charge in [0.05, 0.1) is 6.61 Å². The lowest BCUT2D eigenvalue weighted by atomic mass is 10.1. The molecule has 98 valence electrons. The van der Waals surface area contributed by atoms with E-state index in [0.29, 0.717) is 13.1 Å². The molecular weight excluding hydrogens is 228 g/mol. The minimum Gasteiger partial charge on any atom is -0.394 e. The molecule has 2 atom stereocenters. The lowest BCUT2D eigenvalue weighted by molar-refractivity contribution is -0.127. The number of carbonyl (C=O) groups excluding carboxylic acids is 1. The molecule has 4 nitrogen and oxygen atoms in total. The number of rotatable bonds is 3. The van der Waals surface area contributed by atoms with E-state index in [4.69, 9.17) is 0 Å². The Balaban J connectivity index is 2.17. The minimum atomic E-state index is -0.442. The van der Waals surface area contributed by atoms with Crippen molar-refractivity contribution in [3.05, 3.63) is 35.9 Å². The van der Waals surface area contributed by atoms with E-state index in [2.05, 4.69) is 17.1 Å². The molecule has 0 radical (unpaired) electrons. The molecule has 1 heterocycles. The maximum absolute atomic E-state index is 11.9. The Morgan fingerprint density at radius 2 is 2.11 bits per heavy atom. The van der Waals surface area contributed by atoms with Crippen LogP contribution in [0.1, 0.15) is 18.9 Å². The molecule has 0 bridgehead atoms. The average molecular weight is 248 g/mol. The van der Waals surface area contributed by atoms with Crippen LogP contribution in [0.4, 0.5) is 0 Å². The van der Waals surface area contributed by atoms with Gasteiger partial charge in [0.15, 0.2) is 0 Å². The first kappa shape index (κ1) is 13.1. The first-order valence-corrected chi connectivity index (χ1v) is 6.40. The van der Waals surface area contributed by atoms with Crippen molar-refractivity contribution < 1.29 is 9.90 Å². The zero-order valence-corrected chi connectivity index (χ0v) is 10.7. The molecule has 2 unspecified atom stereocenters. The van der Waals surface area contributed by atoms with Gasteiger partial charge in [-0.1, -0.05) is 30.3 Å². The van der Waals surface area contributed by atoms with Crippen molar-refractivity contribution in [1.82, 2.24) is 10.2 Å². The predicted molar refractivity (Wildman–Crippen MR) is 69.9 cm³/mol. The van der Waals surface area contributed by atoms with Gasteiger partial charge >= 0.3 is 0 Å². The van der Waals surface area contributed by atoms with Gasteiger partial charge in [-0.2, -0.15) is 0 Å². The monoisotopic (exact) mass is 248 g/mol. The van der Waals surface area contributed by atoms with Gasteiger partial charge in [0.1, 0.15) is 6.04 Å². The highest BCUT2D eigenvalue weighted by molar-refractivity contribution is 5.82. The van der Waals surface area contributed by atoms with Crippen molar-refractivity contribution >= 4 is 5.91 Å². The number of nitrogens with one attached hydrogen (secondary N) is 1. The fourth-order valence-electron chi connectivity index (χ4n) is 2.39. The summed E-state index contributed by atoms with van der Waals surface area (Å²) in [6, 6.07) is 9.89. The third kappa shape index (κ3) is 2.89. The summed E-state index contributed by atoms with van der Waals surface area (Å²) in [4.78, 5) is 14.0. The van der Waals surface area contributed by atoms with Gasteiger partial charge in [-0.15, -0.1) is 0 Å². The maximum Gasteiger partial charge on any atom is 0.239 e. The third-order valence-corrected chi connectivity index (χ3v) is 3.51. The number of hydrogen-bond acceptors (Lipinski definition) is 3. The molecule has 0 aliphatic carbocycles. The zero-order chi connectivity index (χ0) is 13.0. The summed E-state index contributed by atoms with van der Waals surface area (Å²) in [5.74, 6) is -0.0715. The molecule has 1 aliphatic rings. The lowest BCUT2D eigenvalue weighted by Gasteiger charge is -2.31. The van der Waals surface area contributed by atoms with Crippen LogP contribution in [0, 0.1) is 0 Å². The Bertz CT molecular complexity index is 394. The van der Waals surface area contributed by atoms with Crippen LogP contribution in [-0.4, -0.2) is 41.1 Å². The van der Waals surface area contributed by atoms with E-state index < -0.39 is 6.04 Å². The summed E-state index contributed by atoms with van der Waals surface area (Å²) in [6.07, 6.45) is 0.912. The van der Waals surface area contributed by atoms with Crippen LogP contribution in [0.15, 0.2) is 30.3 Å². The van der Waals surface area contributed by atoms with Crippen molar-refractivity contribution in [2.45, 2.75) is 32.0 Å². The molecule has 0 spiro atoms. The molecule has 0 saturated carbocycles. The summed E-state index contributed by atoms with van der Waals surface area (Å²) in [6.45, 7) is 3.34. The number of benzene rings is 1. The molecule has 4 heteroatoms. The maximum atomic E-state index is 11.9. The normalized spacial score (nSPS) is 25.6. The number of aliphatic hydroxyl groups excluding tert-OH is 1. The molecule has 1 aliphatic heterocycles. The Kier molecular flexibility index (Phi) is 4.33. The number of nitrogens with zero attached hydrogens (tertiary/aromatic N) is 1. The second-order valence-electron chi connectivity index (χ2n) is 4.79. The number of aliphatic hydroxyl groups is 1. The van der Waals surface area contributed by atoms with Gasteiger partial charge in [0, 0.05) is 19.1 Å². The van der Waals surface area contributed by atoms with Gasteiger partial charge < -0.3 is 10.4 Å². The van der Waals surface area contributed by atoms with Gasteiger partial charge in [-0.05, 0) is 18.9 Å². The molecule has 1 amide bonds. The van der Waals surface area contributed by atoms with Gasteiger partial charge in [0.25, 0.3) is 0 Å². The van der Waals surface area contributed by atoms with Crippen LogP contribution in [0.2, 0.25) is 0 Å². The summed E-state index contributed by atoms with van der Waals surface area (Å²) in [5, 5.41) is 12.3. The van der Waals surface area contributed by atoms with Crippen LogP contribution >= 0.6 is 0 Å². The first-order chi connectivity index (χ1) is 8.72. The molecule has 1 saturated heterocycles. The van der Waals surface area contributed by atoms with Crippen LogP contribution in [-0.2, 0) is 11.3 Å². The molecule has 1 fully saturated rings. The molecule has 1 aromatic rings.